The lowest BCUT2D eigenvalue weighted by molar-refractivity contribution is -0.223. The molecule has 0 radical (unpaired) electrons. The Morgan fingerprint density at radius 2 is 1.23 bits per heavy atom. The molecule has 1 aliphatic heterocycles. The summed E-state index contributed by atoms with van der Waals surface area (Å²) in [6.07, 6.45) is -5.51. The third-order valence-electron chi connectivity index (χ3n) is 6.84. The summed E-state index contributed by atoms with van der Waals surface area (Å²) < 4.78 is 29.5. The molecule has 10 heteroatoms. The molecule has 1 aliphatic rings. The summed E-state index contributed by atoms with van der Waals surface area (Å²) in [5.74, 6) is -2.11. The van der Waals surface area contributed by atoms with Crippen LogP contribution in [0.25, 0.3) is 0 Å². The molecule has 0 aliphatic carbocycles. The molecule has 0 aromatic heterocycles. The molecule has 1 fully saturated rings. The van der Waals surface area contributed by atoms with Crippen LogP contribution in [0.3, 0.4) is 0 Å². The molecule has 44 heavy (non-hydrogen) atoms. The molecule has 1 heterocycles. The van der Waals surface area contributed by atoms with E-state index in [0.29, 0.717) is 11.3 Å². The molecule has 0 amide bonds. The number of hydrogen-bond acceptors (Lipinski definition) is 9. The van der Waals surface area contributed by atoms with Crippen molar-refractivity contribution in [1.29, 1.82) is 0 Å². The van der Waals surface area contributed by atoms with Gasteiger partial charge in [0.1, 0.15) is 17.3 Å². The average molecular weight is 615 g/mol. The van der Waals surface area contributed by atoms with Gasteiger partial charge in [0.2, 0.25) is 0 Å². The van der Waals surface area contributed by atoms with Gasteiger partial charge in [-0.3, -0.25) is 0 Å². The van der Waals surface area contributed by atoms with Gasteiger partial charge in [-0.2, -0.15) is 0 Å². The fourth-order valence-electron chi connectivity index (χ4n) is 4.63. The second kappa shape index (κ2) is 14.7. The number of esters is 2. The van der Waals surface area contributed by atoms with Crippen molar-refractivity contribution in [2.45, 2.75) is 41.4 Å². The van der Waals surface area contributed by atoms with Crippen molar-refractivity contribution in [3.63, 3.8) is 0 Å². The van der Waals surface area contributed by atoms with Crippen molar-refractivity contribution in [1.82, 2.24) is 0 Å². The molecule has 4 aromatic carbocycles. The fraction of sp³-hybridized carbons (Fsp3) is 0.206. The number of thioether (sulfide) groups is 1. The largest absolute Gasteiger partial charge is 0.497 e. The number of carboxylic acid groups (broad SMARTS) is 1. The number of rotatable bonds is 11. The Kier molecular flexibility index (Phi) is 10.3. The van der Waals surface area contributed by atoms with E-state index in [0.717, 1.165) is 16.7 Å². The van der Waals surface area contributed by atoms with Gasteiger partial charge in [0.25, 0.3) is 0 Å². The van der Waals surface area contributed by atoms with Crippen LogP contribution in [-0.4, -0.2) is 60.0 Å². The molecule has 0 saturated carbocycles. The van der Waals surface area contributed by atoms with E-state index in [2.05, 4.69) is 0 Å². The maximum Gasteiger partial charge on any atom is 0.338 e. The third kappa shape index (κ3) is 7.65. The van der Waals surface area contributed by atoms with Crippen molar-refractivity contribution < 1.29 is 43.2 Å². The number of carbonyl (C=O) groups excluding carboxylic acids is 2. The first-order chi connectivity index (χ1) is 21.4. The van der Waals surface area contributed by atoms with Gasteiger partial charge in [-0.25, -0.2) is 14.4 Å². The van der Waals surface area contributed by atoms with Crippen molar-refractivity contribution in [3.8, 4) is 5.75 Å². The Bertz CT molecular complexity index is 1530. The first kappa shape index (κ1) is 30.8. The summed E-state index contributed by atoms with van der Waals surface area (Å²) in [7, 11) is 1.55. The van der Waals surface area contributed by atoms with E-state index in [1.54, 1.807) is 92.0 Å². The van der Waals surface area contributed by atoms with E-state index >= 15 is 0 Å². The van der Waals surface area contributed by atoms with Crippen LogP contribution in [0.4, 0.5) is 0 Å². The smallest absolute Gasteiger partial charge is 0.338 e. The van der Waals surface area contributed by atoms with Crippen LogP contribution in [0, 0.1) is 0 Å². The number of benzene rings is 4. The lowest BCUT2D eigenvalue weighted by atomic mass is 9.98. The van der Waals surface area contributed by atoms with Crippen LogP contribution >= 0.6 is 11.8 Å². The minimum absolute atomic E-state index is 0.0446. The fourth-order valence-corrected chi connectivity index (χ4v) is 5.73. The minimum atomic E-state index is -1.56. The molecule has 5 rings (SSSR count). The van der Waals surface area contributed by atoms with E-state index < -0.39 is 47.8 Å². The quantitative estimate of drug-likeness (QED) is 0.213. The summed E-state index contributed by atoms with van der Waals surface area (Å²) in [5, 5.41) is 10.3. The predicted octanol–water partition coefficient (Wildman–Crippen LogP) is 5.63. The standard InChI is InChI=1S/C34H30O9S/c1-39-25-19-17-22(18-20-25)21-40-27-28(41-32(37)23-11-5-2-6-12-23)30(42-33(38)24-13-7-3-8-14-24)34(43-29(27)31(35)36)44-26-15-9-4-10-16-26/h2-20,27-30,34H,21H2,1H3,(H,35,36)/t27-,28+,29+,30-,34+/m1/s1. The van der Waals surface area contributed by atoms with Gasteiger partial charge < -0.3 is 28.8 Å². The van der Waals surface area contributed by atoms with Crippen molar-refractivity contribution in [2.24, 2.45) is 0 Å². The topological polar surface area (TPSA) is 118 Å². The zero-order valence-corrected chi connectivity index (χ0v) is 24.5. The van der Waals surface area contributed by atoms with Gasteiger partial charge >= 0.3 is 17.9 Å². The van der Waals surface area contributed by atoms with E-state index in [9.17, 15) is 19.5 Å². The molecule has 4 aromatic rings. The molecular weight excluding hydrogens is 584 g/mol. The second-order valence-electron chi connectivity index (χ2n) is 9.79. The van der Waals surface area contributed by atoms with Gasteiger partial charge in [0, 0.05) is 4.90 Å². The number of ether oxygens (including phenoxy) is 5. The summed E-state index contributed by atoms with van der Waals surface area (Å²) in [5.41, 5.74) is 0.141. The number of methoxy groups -OCH3 is 1. The number of aliphatic carboxylic acids is 1. The highest BCUT2D eigenvalue weighted by atomic mass is 32.2. The Balaban J connectivity index is 1.53. The molecule has 226 valence electrons. The average Bonchev–Trinajstić information content (AvgIpc) is 3.06. The SMILES string of the molecule is COc1ccc(CO[C@@H]2[C@H](OC(=O)c3ccccc3)[C@@H](OC(=O)c3ccccc3)[C@H](Sc3ccccc3)O[C@@H]2C(=O)O)cc1. The molecule has 0 spiro atoms. The molecule has 0 unspecified atom stereocenters. The molecule has 9 nitrogen and oxygen atoms in total. The van der Waals surface area contributed by atoms with Crippen molar-refractivity contribution in [3.05, 3.63) is 132 Å². The highest BCUT2D eigenvalue weighted by Gasteiger charge is 2.54. The molecule has 0 bridgehead atoms. The second-order valence-corrected chi connectivity index (χ2v) is 11.0. The molecule has 1 N–H and O–H groups in total. The van der Waals surface area contributed by atoms with E-state index in [4.69, 9.17) is 23.7 Å². The number of carboxylic acids is 1. The lowest BCUT2D eigenvalue weighted by Gasteiger charge is -2.43. The van der Waals surface area contributed by atoms with Gasteiger partial charge in [-0.05, 0) is 54.1 Å². The van der Waals surface area contributed by atoms with Gasteiger partial charge in [-0.1, -0.05) is 78.5 Å². The van der Waals surface area contributed by atoms with Crippen LogP contribution in [-0.2, 0) is 30.3 Å². The third-order valence-corrected chi connectivity index (χ3v) is 8.00. The van der Waals surface area contributed by atoms with Crippen LogP contribution in [0.2, 0.25) is 0 Å². The lowest BCUT2D eigenvalue weighted by Crippen LogP contribution is -2.62. The Hall–Kier alpha value is -4.64. The molecule has 1 saturated heterocycles. The highest BCUT2D eigenvalue weighted by molar-refractivity contribution is 7.99. The summed E-state index contributed by atoms with van der Waals surface area (Å²) in [4.78, 5) is 40.2. The van der Waals surface area contributed by atoms with E-state index in [1.165, 1.54) is 0 Å². The Morgan fingerprint density at radius 1 is 0.705 bits per heavy atom. The van der Waals surface area contributed by atoms with Gasteiger partial charge in [0.15, 0.2) is 18.3 Å². The Labute approximate surface area is 258 Å². The van der Waals surface area contributed by atoms with Crippen LogP contribution in [0.1, 0.15) is 26.3 Å². The zero-order valence-electron chi connectivity index (χ0n) is 23.7. The van der Waals surface area contributed by atoms with E-state index in [1.807, 2.05) is 30.3 Å². The van der Waals surface area contributed by atoms with Crippen LogP contribution in [0.5, 0.6) is 5.75 Å². The summed E-state index contributed by atoms with van der Waals surface area (Å²) in [6, 6.07) is 32.7. The van der Waals surface area contributed by atoms with Crippen molar-refractivity contribution >= 4 is 29.7 Å². The van der Waals surface area contributed by atoms with Gasteiger partial charge in [0.05, 0.1) is 24.8 Å². The van der Waals surface area contributed by atoms with Gasteiger partial charge in [-0.15, -0.1) is 0 Å². The first-order valence-corrected chi connectivity index (χ1v) is 14.7. The zero-order chi connectivity index (χ0) is 30.9. The molecular formula is C34H30O9S. The maximum absolute atomic E-state index is 13.4. The van der Waals surface area contributed by atoms with Crippen LogP contribution in [0.15, 0.2) is 120 Å². The Morgan fingerprint density at radius 3 is 1.75 bits per heavy atom. The summed E-state index contributed by atoms with van der Waals surface area (Å²) in [6.45, 7) is -0.0446. The summed E-state index contributed by atoms with van der Waals surface area (Å²) >= 11 is 1.15. The highest BCUT2D eigenvalue weighted by Crippen LogP contribution is 2.38. The van der Waals surface area contributed by atoms with Crippen LogP contribution < -0.4 is 4.74 Å². The first-order valence-electron chi connectivity index (χ1n) is 13.8. The van der Waals surface area contributed by atoms with E-state index in [-0.39, 0.29) is 17.7 Å². The normalized spacial score (nSPS) is 21.2. The monoisotopic (exact) mass is 614 g/mol. The van der Waals surface area contributed by atoms with Crippen molar-refractivity contribution in [2.75, 3.05) is 7.11 Å². The molecule has 5 atom stereocenters. The minimum Gasteiger partial charge on any atom is -0.497 e. The predicted molar refractivity (Wildman–Crippen MR) is 161 cm³/mol. The number of carbonyl (C=O) groups is 3. The maximum atomic E-state index is 13.4. The number of hydrogen-bond donors (Lipinski definition) is 1.